The molecule has 174 valence electrons. The lowest BCUT2D eigenvalue weighted by Gasteiger charge is -2.19. The molecule has 0 saturated heterocycles. The Kier molecular flexibility index (Phi) is 5.73. The van der Waals surface area contributed by atoms with E-state index in [0.717, 1.165) is 12.1 Å². The molecule has 2 N–H and O–H groups in total. The van der Waals surface area contributed by atoms with Crippen LogP contribution in [0.4, 0.5) is 30.4 Å². The van der Waals surface area contributed by atoms with Crippen LogP contribution < -0.4 is 15.6 Å². The first-order chi connectivity index (χ1) is 15.5. The van der Waals surface area contributed by atoms with Crippen LogP contribution in [-0.2, 0) is 17.1 Å². The van der Waals surface area contributed by atoms with Gasteiger partial charge in [0.1, 0.15) is 23.3 Å². The summed E-state index contributed by atoms with van der Waals surface area (Å²) in [4.78, 5) is 12.5. The molecule has 10 heteroatoms. The van der Waals surface area contributed by atoms with Gasteiger partial charge in [0, 0.05) is 24.6 Å². The fourth-order valence-electron chi connectivity index (χ4n) is 3.84. The van der Waals surface area contributed by atoms with Crippen molar-refractivity contribution < 1.29 is 21.6 Å². The van der Waals surface area contributed by atoms with Crippen molar-refractivity contribution in [2.75, 3.05) is 10.0 Å². The summed E-state index contributed by atoms with van der Waals surface area (Å²) in [5.74, 6) is -2.67. The molecule has 33 heavy (non-hydrogen) atoms. The average molecular weight is 478 g/mol. The van der Waals surface area contributed by atoms with Gasteiger partial charge in [-0.05, 0) is 55.7 Å². The smallest absolute Gasteiger partial charge is 0.254 e. The number of anilines is 3. The van der Waals surface area contributed by atoms with Crippen molar-refractivity contribution >= 4 is 27.2 Å². The summed E-state index contributed by atoms with van der Waals surface area (Å²) in [7, 11) is -2.56. The molecule has 6 nitrogen and oxygen atoms in total. The molecule has 4 rings (SSSR count). The number of hydrogen-bond donors (Lipinski definition) is 2. The highest BCUT2D eigenvalue weighted by Crippen LogP contribution is 2.47. The molecular weight excluding hydrogens is 455 g/mol. The number of nitrogens with one attached hydrogen (secondary N) is 2. The van der Waals surface area contributed by atoms with Gasteiger partial charge in [0.15, 0.2) is 0 Å². The number of nitrogens with zero attached hydrogens (tertiary/aromatic N) is 1. The molecule has 0 aliphatic heterocycles. The number of aryl methyl sites for hydroxylation is 2. The SMILES string of the molecule is Cc1ccc(Nc2c(NS(=O)(=O)C3CC3c3ccc(F)cc3F)cc(C)c(=O)n2C)c(F)c1. The van der Waals surface area contributed by atoms with E-state index in [1.165, 1.54) is 42.8 Å². The molecule has 0 amide bonds. The fourth-order valence-corrected chi connectivity index (χ4v) is 5.50. The molecule has 1 aromatic heterocycles. The Labute approximate surface area is 189 Å². The number of halogens is 3. The van der Waals surface area contributed by atoms with E-state index < -0.39 is 38.6 Å². The first-order valence-corrected chi connectivity index (χ1v) is 11.7. The van der Waals surface area contributed by atoms with E-state index in [9.17, 15) is 26.4 Å². The third-order valence-corrected chi connectivity index (χ3v) is 7.54. The van der Waals surface area contributed by atoms with Crippen LogP contribution in [0.1, 0.15) is 29.0 Å². The summed E-state index contributed by atoms with van der Waals surface area (Å²) in [5.41, 5.74) is 0.846. The predicted octanol–water partition coefficient (Wildman–Crippen LogP) is 4.46. The minimum atomic E-state index is -4.00. The maximum atomic E-state index is 14.4. The lowest BCUT2D eigenvalue weighted by Crippen LogP contribution is -2.26. The summed E-state index contributed by atoms with van der Waals surface area (Å²) < 4.78 is 71.5. The van der Waals surface area contributed by atoms with Gasteiger partial charge in [0.05, 0.1) is 16.6 Å². The van der Waals surface area contributed by atoms with Gasteiger partial charge in [-0.25, -0.2) is 21.6 Å². The highest BCUT2D eigenvalue weighted by atomic mass is 32.2. The number of sulfonamides is 1. The Balaban J connectivity index is 1.67. The van der Waals surface area contributed by atoms with Crippen molar-refractivity contribution in [3.63, 3.8) is 0 Å². The second-order valence-corrected chi connectivity index (χ2v) is 10.2. The van der Waals surface area contributed by atoms with Crippen molar-refractivity contribution in [3.8, 4) is 0 Å². The Hall–Kier alpha value is -3.27. The minimum absolute atomic E-state index is 0.0554. The predicted molar refractivity (Wildman–Crippen MR) is 121 cm³/mol. The van der Waals surface area contributed by atoms with Crippen LogP contribution in [0.5, 0.6) is 0 Å². The lowest BCUT2D eigenvalue weighted by atomic mass is 10.1. The second kappa shape index (κ2) is 8.26. The summed E-state index contributed by atoms with van der Waals surface area (Å²) in [6.45, 7) is 3.26. The standard InChI is InChI=1S/C23H22F3N3O3S/c1-12-4-7-19(18(26)8-12)27-22-20(9-13(2)23(30)29(22)3)28-33(31,32)21-11-16(21)15-6-5-14(24)10-17(15)25/h4-10,16,21,27-28H,11H2,1-3H3. The summed E-state index contributed by atoms with van der Waals surface area (Å²) in [6.07, 6.45) is 0.165. The van der Waals surface area contributed by atoms with Crippen LogP contribution in [0, 0.1) is 31.3 Å². The molecule has 0 bridgehead atoms. The van der Waals surface area contributed by atoms with Gasteiger partial charge in [-0.15, -0.1) is 0 Å². The molecule has 1 fully saturated rings. The van der Waals surface area contributed by atoms with Crippen LogP contribution in [0.15, 0.2) is 47.3 Å². The monoisotopic (exact) mass is 477 g/mol. The van der Waals surface area contributed by atoms with Gasteiger partial charge < -0.3 is 5.32 Å². The van der Waals surface area contributed by atoms with E-state index in [1.807, 2.05) is 0 Å². The minimum Gasteiger partial charge on any atom is -0.337 e. The zero-order valence-corrected chi connectivity index (χ0v) is 18.9. The molecule has 1 aliphatic rings. The zero-order chi connectivity index (χ0) is 24.1. The molecule has 1 heterocycles. The van der Waals surface area contributed by atoms with Gasteiger partial charge in [-0.2, -0.15) is 0 Å². The van der Waals surface area contributed by atoms with Gasteiger partial charge in [0.25, 0.3) is 5.56 Å². The summed E-state index contributed by atoms with van der Waals surface area (Å²) in [6, 6.07) is 8.89. The van der Waals surface area contributed by atoms with E-state index in [0.29, 0.717) is 5.56 Å². The maximum Gasteiger partial charge on any atom is 0.254 e. The normalized spacial score (nSPS) is 17.6. The van der Waals surface area contributed by atoms with E-state index in [1.54, 1.807) is 13.0 Å². The van der Waals surface area contributed by atoms with Gasteiger partial charge >= 0.3 is 0 Å². The molecule has 3 aromatic rings. The number of pyridine rings is 1. The van der Waals surface area contributed by atoms with Crippen LogP contribution in [0.2, 0.25) is 0 Å². The van der Waals surface area contributed by atoms with Crippen LogP contribution in [-0.4, -0.2) is 18.2 Å². The van der Waals surface area contributed by atoms with E-state index in [2.05, 4.69) is 10.0 Å². The quantitative estimate of drug-likeness (QED) is 0.549. The Morgan fingerprint density at radius 2 is 1.70 bits per heavy atom. The summed E-state index contributed by atoms with van der Waals surface area (Å²) in [5, 5.41) is 1.87. The third-order valence-electron chi connectivity index (χ3n) is 5.72. The lowest BCUT2D eigenvalue weighted by molar-refractivity contribution is 0.572. The highest BCUT2D eigenvalue weighted by molar-refractivity contribution is 7.93. The Morgan fingerprint density at radius 1 is 0.970 bits per heavy atom. The molecule has 0 spiro atoms. The molecule has 0 radical (unpaired) electrons. The van der Waals surface area contributed by atoms with Gasteiger partial charge in [-0.1, -0.05) is 12.1 Å². The second-order valence-electron chi connectivity index (χ2n) is 8.26. The maximum absolute atomic E-state index is 14.4. The number of aromatic nitrogens is 1. The molecule has 2 atom stereocenters. The van der Waals surface area contributed by atoms with E-state index in [4.69, 9.17) is 0 Å². The van der Waals surface area contributed by atoms with E-state index >= 15 is 0 Å². The zero-order valence-electron chi connectivity index (χ0n) is 18.1. The van der Waals surface area contributed by atoms with Crippen LogP contribution in [0.25, 0.3) is 0 Å². The van der Waals surface area contributed by atoms with Crippen LogP contribution in [0.3, 0.4) is 0 Å². The van der Waals surface area contributed by atoms with Gasteiger partial charge in [-0.3, -0.25) is 14.1 Å². The molecular formula is C23H22F3N3O3S. The van der Waals surface area contributed by atoms with Crippen molar-refractivity contribution in [2.24, 2.45) is 7.05 Å². The van der Waals surface area contributed by atoms with Crippen molar-refractivity contribution in [3.05, 3.63) is 87.0 Å². The first kappa shape index (κ1) is 22.9. The molecule has 2 unspecified atom stereocenters. The molecule has 1 aliphatic carbocycles. The topological polar surface area (TPSA) is 80.2 Å². The third kappa shape index (κ3) is 4.47. The highest BCUT2D eigenvalue weighted by Gasteiger charge is 2.49. The first-order valence-electron chi connectivity index (χ1n) is 10.2. The molecule has 2 aromatic carbocycles. The largest absolute Gasteiger partial charge is 0.337 e. The van der Waals surface area contributed by atoms with Crippen molar-refractivity contribution in [2.45, 2.75) is 31.4 Å². The van der Waals surface area contributed by atoms with Crippen molar-refractivity contribution in [1.82, 2.24) is 4.57 Å². The van der Waals surface area contributed by atoms with E-state index in [-0.39, 0.29) is 40.3 Å². The Morgan fingerprint density at radius 3 is 2.36 bits per heavy atom. The average Bonchev–Trinajstić information content (AvgIpc) is 3.52. The molecule has 1 saturated carbocycles. The fraction of sp³-hybridized carbons (Fsp3) is 0.261. The number of hydrogen-bond acceptors (Lipinski definition) is 4. The number of rotatable bonds is 6. The Bertz CT molecular complexity index is 1420. The van der Waals surface area contributed by atoms with Crippen molar-refractivity contribution in [1.29, 1.82) is 0 Å². The van der Waals surface area contributed by atoms with Gasteiger partial charge in [0.2, 0.25) is 10.0 Å². The summed E-state index contributed by atoms with van der Waals surface area (Å²) >= 11 is 0. The van der Waals surface area contributed by atoms with Crippen LogP contribution >= 0.6 is 0 Å². The number of benzene rings is 2.